The average Bonchev–Trinajstić information content (AvgIpc) is 3.20. The van der Waals surface area contributed by atoms with Crippen molar-refractivity contribution in [1.82, 2.24) is 9.55 Å². The molecule has 30 heavy (non-hydrogen) atoms. The molecule has 1 amide bonds. The van der Waals surface area contributed by atoms with E-state index in [1.54, 1.807) is 29.8 Å². The number of aryl methyl sites for hydroxylation is 1. The highest BCUT2D eigenvalue weighted by atomic mass is 35.5. The van der Waals surface area contributed by atoms with Crippen molar-refractivity contribution in [2.24, 2.45) is 5.73 Å². The second kappa shape index (κ2) is 9.98. The van der Waals surface area contributed by atoms with Crippen molar-refractivity contribution in [2.75, 3.05) is 0 Å². The van der Waals surface area contributed by atoms with Gasteiger partial charge in [0.2, 0.25) is 0 Å². The third kappa shape index (κ3) is 5.53. The number of rotatable bonds is 9. The predicted molar refractivity (Wildman–Crippen MR) is 117 cm³/mol. The maximum atomic E-state index is 11.3. The predicted octanol–water partition coefficient (Wildman–Crippen LogP) is 4.42. The molecule has 0 fully saturated rings. The Morgan fingerprint density at radius 2 is 2.00 bits per heavy atom. The Hall–Kier alpha value is -2.54. The van der Waals surface area contributed by atoms with Gasteiger partial charge < -0.3 is 20.1 Å². The van der Waals surface area contributed by atoms with Crippen molar-refractivity contribution in [3.8, 4) is 5.75 Å². The molecule has 0 aliphatic carbocycles. The number of para-hydroxylation sites is 1. The van der Waals surface area contributed by atoms with Gasteiger partial charge in [0.25, 0.3) is 5.91 Å². The topological polar surface area (TPSA) is 90.4 Å². The zero-order valence-corrected chi connectivity index (χ0v) is 18.0. The van der Waals surface area contributed by atoms with Crippen LogP contribution in [-0.2, 0) is 13.0 Å². The molecule has 2 unspecified atom stereocenters. The number of amides is 1. The van der Waals surface area contributed by atoms with Crippen LogP contribution in [0.15, 0.2) is 55.0 Å². The molecule has 2 aromatic carbocycles. The van der Waals surface area contributed by atoms with Crippen LogP contribution in [0.3, 0.4) is 0 Å². The van der Waals surface area contributed by atoms with E-state index in [1.807, 2.05) is 30.3 Å². The van der Waals surface area contributed by atoms with E-state index in [9.17, 15) is 9.90 Å². The molecular formula is C22H23Cl2N3O3. The van der Waals surface area contributed by atoms with E-state index in [1.165, 1.54) is 6.33 Å². The van der Waals surface area contributed by atoms with Crippen molar-refractivity contribution in [2.45, 2.75) is 38.5 Å². The second-order valence-electron chi connectivity index (χ2n) is 7.06. The molecule has 0 radical (unpaired) electrons. The first-order chi connectivity index (χ1) is 14.3. The van der Waals surface area contributed by atoms with Crippen LogP contribution in [0.4, 0.5) is 0 Å². The lowest BCUT2D eigenvalue weighted by Gasteiger charge is -2.22. The van der Waals surface area contributed by atoms with E-state index >= 15 is 0 Å². The summed E-state index contributed by atoms with van der Waals surface area (Å²) in [5.41, 5.74) is 7.38. The average molecular weight is 448 g/mol. The number of aliphatic hydroxyl groups is 1. The molecule has 1 aromatic heterocycles. The highest BCUT2D eigenvalue weighted by Crippen LogP contribution is 2.27. The summed E-state index contributed by atoms with van der Waals surface area (Å²) in [6.45, 7) is 2.07. The summed E-state index contributed by atoms with van der Waals surface area (Å²) in [7, 11) is 0. The first-order valence-corrected chi connectivity index (χ1v) is 10.3. The van der Waals surface area contributed by atoms with E-state index in [4.69, 9.17) is 33.7 Å². The number of primary amides is 1. The molecule has 8 heteroatoms. The van der Waals surface area contributed by atoms with Crippen LogP contribution < -0.4 is 10.5 Å². The molecule has 1 heterocycles. The number of hydrogen-bond donors (Lipinski definition) is 2. The lowest BCUT2D eigenvalue weighted by atomic mass is 10.0. The van der Waals surface area contributed by atoms with Crippen LogP contribution in [0.5, 0.6) is 5.75 Å². The quantitative estimate of drug-likeness (QED) is 0.507. The Kier molecular flexibility index (Phi) is 7.37. The minimum Gasteiger partial charge on any atom is -0.489 e. The van der Waals surface area contributed by atoms with E-state index in [0.29, 0.717) is 29.5 Å². The third-order valence-corrected chi connectivity index (χ3v) is 5.59. The Labute approximate surface area is 185 Å². The monoisotopic (exact) mass is 447 g/mol. The van der Waals surface area contributed by atoms with Crippen molar-refractivity contribution < 1.29 is 14.6 Å². The number of halogens is 2. The Morgan fingerprint density at radius 3 is 2.67 bits per heavy atom. The largest absolute Gasteiger partial charge is 0.489 e. The third-order valence-electron chi connectivity index (χ3n) is 4.85. The number of hydrogen-bond acceptors (Lipinski definition) is 4. The van der Waals surface area contributed by atoms with Gasteiger partial charge in [-0.05, 0) is 49.1 Å². The molecule has 6 nitrogen and oxygen atoms in total. The summed E-state index contributed by atoms with van der Waals surface area (Å²) >= 11 is 12.0. The number of carbonyl (C=O) groups excluding carboxylic acids is 1. The summed E-state index contributed by atoms with van der Waals surface area (Å²) in [6, 6.07) is 12.9. The van der Waals surface area contributed by atoms with Gasteiger partial charge in [-0.2, -0.15) is 0 Å². The fourth-order valence-corrected chi connectivity index (χ4v) is 3.55. The van der Waals surface area contributed by atoms with Crippen LogP contribution in [0.25, 0.3) is 0 Å². The second-order valence-corrected chi connectivity index (χ2v) is 7.88. The van der Waals surface area contributed by atoms with Gasteiger partial charge in [-0.15, -0.1) is 0 Å². The molecule has 3 N–H and O–H groups in total. The molecule has 3 aromatic rings. The van der Waals surface area contributed by atoms with Crippen molar-refractivity contribution in [3.05, 3.63) is 81.9 Å². The van der Waals surface area contributed by atoms with Crippen molar-refractivity contribution >= 4 is 29.1 Å². The number of nitrogens with two attached hydrogens (primary N) is 1. The molecule has 0 aliphatic rings. The smallest absolute Gasteiger partial charge is 0.268 e. The lowest BCUT2D eigenvalue weighted by molar-refractivity contribution is 0.0994. The lowest BCUT2D eigenvalue weighted by Crippen LogP contribution is -2.21. The van der Waals surface area contributed by atoms with Gasteiger partial charge in [0, 0.05) is 6.20 Å². The molecule has 158 valence electrons. The van der Waals surface area contributed by atoms with Gasteiger partial charge in [0.15, 0.2) is 0 Å². The molecule has 0 aliphatic heterocycles. The Bertz CT molecular complexity index is 1020. The van der Waals surface area contributed by atoms with Gasteiger partial charge in [0.1, 0.15) is 18.1 Å². The van der Waals surface area contributed by atoms with Crippen molar-refractivity contribution in [3.63, 3.8) is 0 Å². The maximum Gasteiger partial charge on any atom is 0.268 e. The standard InChI is InChI=1S/C22H23Cl2N3O3/c1-14(28)20(27-11-19(22(25)29)26-13-27)9-7-16-4-2-3-5-21(16)30-12-15-6-8-17(23)18(24)10-15/h2-6,8,10-11,13-14,20,28H,7,9,12H2,1H3,(H2,25,29). The molecule has 3 rings (SSSR count). The zero-order chi connectivity index (χ0) is 21.7. The van der Waals surface area contributed by atoms with E-state index in [-0.39, 0.29) is 11.7 Å². The zero-order valence-electron chi connectivity index (χ0n) is 16.5. The van der Waals surface area contributed by atoms with Crippen molar-refractivity contribution in [1.29, 1.82) is 0 Å². The van der Waals surface area contributed by atoms with Crippen LogP contribution in [0.2, 0.25) is 10.0 Å². The van der Waals surface area contributed by atoms with Crippen LogP contribution in [0.1, 0.15) is 41.0 Å². The Balaban J connectivity index is 1.69. The normalized spacial score (nSPS) is 13.1. The Morgan fingerprint density at radius 1 is 1.23 bits per heavy atom. The summed E-state index contributed by atoms with van der Waals surface area (Å²) < 4.78 is 7.73. The minimum atomic E-state index is -0.635. The highest BCUT2D eigenvalue weighted by Gasteiger charge is 2.19. The molecular weight excluding hydrogens is 425 g/mol. The number of ether oxygens (including phenoxy) is 1. The molecule has 0 bridgehead atoms. The number of benzene rings is 2. The van der Waals surface area contributed by atoms with Crippen LogP contribution >= 0.6 is 23.2 Å². The summed E-state index contributed by atoms with van der Waals surface area (Å²) in [4.78, 5) is 15.3. The summed E-state index contributed by atoms with van der Waals surface area (Å²) in [5, 5.41) is 11.2. The minimum absolute atomic E-state index is 0.172. The SMILES string of the molecule is CC(O)C(CCc1ccccc1OCc1ccc(Cl)c(Cl)c1)n1cnc(C(N)=O)c1. The molecule has 0 saturated heterocycles. The molecule has 0 saturated carbocycles. The highest BCUT2D eigenvalue weighted by molar-refractivity contribution is 6.42. The van der Waals surface area contributed by atoms with Gasteiger partial charge >= 0.3 is 0 Å². The number of aliphatic hydroxyl groups excluding tert-OH is 1. The number of carbonyl (C=O) groups is 1. The first kappa shape index (κ1) is 22.2. The van der Waals surface area contributed by atoms with Gasteiger partial charge in [-0.3, -0.25) is 4.79 Å². The van der Waals surface area contributed by atoms with E-state index < -0.39 is 12.0 Å². The number of imidazole rings is 1. The van der Waals surface area contributed by atoms with Crippen LogP contribution in [0, 0.1) is 0 Å². The fraction of sp³-hybridized carbons (Fsp3) is 0.273. The maximum absolute atomic E-state index is 11.3. The molecule has 2 atom stereocenters. The summed E-state index contributed by atoms with van der Waals surface area (Å²) in [6.07, 6.45) is 3.73. The van der Waals surface area contributed by atoms with Gasteiger partial charge in [-0.1, -0.05) is 47.5 Å². The first-order valence-electron chi connectivity index (χ1n) is 9.51. The summed E-state index contributed by atoms with van der Waals surface area (Å²) in [5.74, 6) is 0.163. The number of nitrogens with zero attached hydrogens (tertiary/aromatic N) is 2. The van der Waals surface area contributed by atoms with Crippen LogP contribution in [-0.4, -0.2) is 26.7 Å². The number of aromatic nitrogens is 2. The van der Waals surface area contributed by atoms with E-state index in [2.05, 4.69) is 4.98 Å². The van der Waals surface area contributed by atoms with Gasteiger partial charge in [-0.25, -0.2) is 4.98 Å². The van der Waals surface area contributed by atoms with Gasteiger partial charge in [0.05, 0.1) is 28.5 Å². The van der Waals surface area contributed by atoms with E-state index in [0.717, 1.165) is 16.9 Å². The molecule has 0 spiro atoms. The fourth-order valence-electron chi connectivity index (χ4n) is 3.23.